The smallest absolute Gasteiger partial charge is 0.284 e. The SMILES string of the molecule is NC(=O)c1oc2ccccc2c1C1CNCCN1. The topological polar surface area (TPSA) is 80.3 Å². The number of primary amides is 1. The quantitative estimate of drug-likeness (QED) is 0.730. The van der Waals surface area contributed by atoms with Crippen LogP contribution in [0.1, 0.15) is 22.2 Å². The molecule has 1 aliphatic rings. The number of nitrogens with two attached hydrogens (primary N) is 1. The number of amides is 1. The van der Waals surface area contributed by atoms with Crippen molar-refractivity contribution < 1.29 is 9.21 Å². The fourth-order valence-corrected chi connectivity index (χ4v) is 2.45. The van der Waals surface area contributed by atoms with Crippen molar-refractivity contribution in [2.75, 3.05) is 19.6 Å². The Bertz CT molecular complexity index is 585. The van der Waals surface area contributed by atoms with E-state index in [1.807, 2.05) is 24.3 Å². The molecule has 2 heterocycles. The van der Waals surface area contributed by atoms with Crippen LogP contribution in [0.3, 0.4) is 0 Å². The van der Waals surface area contributed by atoms with Gasteiger partial charge in [0, 0.05) is 36.6 Å². The number of hydrogen-bond acceptors (Lipinski definition) is 4. The lowest BCUT2D eigenvalue weighted by Gasteiger charge is -2.24. The van der Waals surface area contributed by atoms with Crippen LogP contribution in [-0.2, 0) is 0 Å². The van der Waals surface area contributed by atoms with Gasteiger partial charge in [0.05, 0.1) is 0 Å². The minimum atomic E-state index is -0.520. The monoisotopic (exact) mass is 245 g/mol. The van der Waals surface area contributed by atoms with E-state index in [0.717, 1.165) is 30.6 Å². The van der Waals surface area contributed by atoms with E-state index >= 15 is 0 Å². The normalized spacial score (nSPS) is 20.1. The number of hydrogen-bond donors (Lipinski definition) is 3. The third kappa shape index (κ3) is 1.77. The highest BCUT2D eigenvalue weighted by Gasteiger charge is 2.26. The third-order valence-corrected chi connectivity index (χ3v) is 3.25. The Morgan fingerprint density at radius 3 is 2.89 bits per heavy atom. The number of fused-ring (bicyclic) bond motifs is 1. The minimum absolute atomic E-state index is 0.0601. The molecule has 3 rings (SSSR count). The number of nitrogens with one attached hydrogen (secondary N) is 2. The van der Waals surface area contributed by atoms with E-state index < -0.39 is 5.91 Å². The first kappa shape index (κ1) is 11.3. The molecule has 5 nitrogen and oxygen atoms in total. The van der Waals surface area contributed by atoms with Gasteiger partial charge >= 0.3 is 0 Å². The van der Waals surface area contributed by atoms with Crippen LogP contribution in [0.5, 0.6) is 0 Å². The maximum atomic E-state index is 11.5. The molecule has 5 heteroatoms. The van der Waals surface area contributed by atoms with Crippen LogP contribution >= 0.6 is 0 Å². The van der Waals surface area contributed by atoms with E-state index in [9.17, 15) is 4.79 Å². The highest BCUT2D eigenvalue weighted by Crippen LogP contribution is 2.30. The van der Waals surface area contributed by atoms with Gasteiger partial charge in [-0.05, 0) is 6.07 Å². The predicted octanol–water partition coefficient (Wildman–Crippen LogP) is 0.766. The lowest BCUT2D eigenvalue weighted by atomic mass is 10.0. The van der Waals surface area contributed by atoms with Crippen molar-refractivity contribution in [1.29, 1.82) is 0 Å². The van der Waals surface area contributed by atoms with Crippen LogP contribution in [0.25, 0.3) is 11.0 Å². The molecule has 1 aliphatic heterocycles. The second kappa shape index (κ2) is 4.44. The van der Waals surface area contributed by atoms with Crippen molar-refractivity contribution in [3.05, 3.63) is 35.6 Å². The highest BCUT2D eigenvalue weighted by molar-refractivity contribution is 5.98. The van der Waals surface area contributed by atoms with E-state index in [1.165, 1.54) is 0 Å². The van der Waals surface area contributed by atoms with Gasteiger partial charge in [0.1, 0.15) is 5.58 Å². The fraction of sp³-hybridized carbons (Fsp3) is 0.308. The van der Waals surface area contributed by atoms with Gasteiger partial charge in [0.15, 0.2) is 5.76 Å². The first-order chi connectivity index (χ1) is 8.77. The molecule has 1 atom stereocenters. The number of carbonyl (C=O) groups is 1. The molecule has 0 radical (unpaired) electrons. The van der Waals surface area contributed by atoms with Crippen LogP contribution in [0.15, 0.2) is 28.7 Å². The summed E-state index contributed by atoms with van der Waals surface area (Å²) in [5.74, 6) is -0.258. The van der Waals surface area contributed by atoms with E-state index in [2.05, 4.69) is 10.6 Å². The van der Waals surface area contributed by atoms with Gasteiger partial charge in [-0.1, -0.05) is 18.2 Å². The van der Waals surface area contributed by atoms with Gasteiger partial charge in [-0.25, -0.2) is 0 Å². The summed E-state index contributed by atoms with van der Waals surface area (Å²) in [5.41, 5.74) is 6.97. The number of benzene rings is 1. The summed E-state index contributed by atoms with van der Waals surface area (Å²) in [6, 6.07) is 7.68. The molecule has 4 N–H and O–H groups in total. The number of carbonyl (C=O) groups excluding carboxylic acids is 1. The van der Waals surface area contributed by atoms with Crippen LogP contribution in [0, 0.1) is 0 Å². The Balaban J connectivity index is 2.17. The first-order valence-electron chi connectivity index (χ1n) is 6.02. The first-order valence-corrected chi connectivity index (χ1v) is 6.02. The molecule has 0 aliphatic carbocycles. The van der Waals surface area contributed by atoms with E-state index in [1.54, 1.807) is 0 Å². The molecule has 0 bridgehead atoms. The van der Waals surface area contributed by atoms with Crippen molar-refractivity contribution in [2.24, 2.45) is 5.73 Å². The summed E-state index contributed by atoms with van der Waals surface area (Å²) in [7, 11) is 0. The zero-order valence-electron chi connectivity index (χ0n) is 9.90. The predicted molar refractivity (Wildman–Crippen MR) is 68.3 cm³/mol. The Kier molecular flexibility index (Phi) is 2.77. The second-order valence-corrected chi connectivity index (χ2v) is 4.42. The molecule has 94 valence electrons. The van der Waals surface area contributed by atoms with Gasteiger partial charge in [-0.3, -0.25) is 4.79 Å². The average molecular weight is 245 g/mol. The van der Waals surface area contributed by atoms with Crippen LogP contribution in [-0.4, -0.2) is 25.5 Å². The van der Waals surface area contributed by atoms with Gasteiger partial charge < -0.3 is 20.8 Å². The summed E-state index contributed by atoms with van der Waals surface area (Å²) in [6.45, 7) is 2.56. The third-order valence-electron chi connectivity index (χ3n) is 3.25. The molecular formula is C13H15N3O2. The van der Waals surface area contributed by atoms with Gasteiger partial charge in [0.2, 0.25) is 0 Å². The lowest BCUT2D eigenvalue weighted by Crippen LogP contribution is -2.43. The van der Waals surface area contributed by atoms with E-state index in [4.69, 9.17) is 10.2 Å². The number of piperazine rings is 1. The molecule has 1 saturated heterocycles. The van der Waals surface area contributed by atoms with Crippen molar-refractivity contribution in [1.82, 2.24) is 10.6 Å². The van der Waals surface area contributed by atoms with Gasteiger partial charge in [-0.15, -0.1) is 0 Å². The molecule has 1 unspecified atom stereocenters. The standard InChI is InChI=1S/C13H15N3O2/c14-13(17)12-11(9-7-15-5-6-16-9)8-3-1-2-4-10(8)18-12/h1-4,9,15-16H,5-7H2,(H2,14,17). The largest absolute Gasteiger partial charge is 0.451 e. The summed E-state index contributed by atoms with van der Waals surface area (Å²) in [6.07, 6.45) is 0. The van der Waals surface area contributed by atoms with E-state index in [-0.39, 0.29) is 11.8 Å². The van der Waals surface area contributed by atoms with Crippen molar-refractivity contribution in [3.63, 3.8) is 0 Å². The summed E-state index contributed by atoms with van der Waals surface area (Å²) in [5, 5.41) is 7.63. The van der Waals surface area contributed by atoms with E-state index in [0.29, 0.717) is 5.58 Å². The second-order valence-electron chi connectivity index (χ2n) is 4.42. The van der Waals surface area contributed by atoms with Crippen molar-refractivity contribution in [2.45, 2.75) is 6.04 Å². The molecule has 1 amide bonds. The van der Waals surface area contributed by atoms with Gasteiger partial charge in [-0.2, -0.15) is 0 Å². The molecule has 2 aromatic rings. The Hall–Kier alpha value is -1.85. The number of para-hydroxylation sites is 1. The maximum absolute atomic E-state index is 11.5. The Morgan fingerprint density at radius 1 is 1.33 bits per heavy atom. The molecule has 0 spiro atoms. The zero-order chi connectivity index (χ0) is 12.5. The summed E-state index contributed by atoms with van der Waals surface area (Å²) >= 11 is 0. The van der Waals surface area contributed by atoms with Crippen LogP contribution in [0.4, 0.5) is 0 Å². The maximum Gasteiger partial charge on any atom is 0.284 e. The highest BCUT2D eigenvalue weighted by atomic mass is 16.3. The number of furan rings is 1. The van der Waals surface area contributed by atoms with Crippen molar-refractivity contribution in [3.8, 4) is 0 Å². The van der Waals surface area contributed by atoms with Gasteiger partial charge in [0.25, 0.3) is 5.91 Å². The van der Waals surface area contributed by atoms with Crippen molar-refractivity contribution >= 4 is 16.9 Å². The molecule has 1 fully saturated rings. The zero-order valence-corrected chi connectivity index (χ0v) is 9.90. The number of rotatable bonds is 2. The fourth-order valence-electron chi connectivity index (χ4n) is 2.45. The van der Waals surface area contributed by atoms with Crippen LogP contribution < -0.4 is 16.4 Å². The molecule has 1 aromatic carbocycles. The molecular weight excluding hydrogens is 230 g/mol. The van der Waals surface area contributed by atoms with Crippen LogP contribution in [0.2, 0.25) is 0 Å². The average Bonchev–Trinajstić information content (AvgIpc) is 2.79. The molecule has 1 aromatic heterocycles. The summed E-state index contributed by atoms with van der Waals surface area (Å²) < 4.78 is 5.57. The lowest BCUT2D eigenvalue weighted by molar-refractivity contribution is 0.0973. The Morgan fingerprint density at radius 2 is 2.17 bits per heavy atom. The molecule has 18 heavy (non-hydrogen) atoms. The Labute approximate surface area is 104 Å². The molecule has 0 saturated carbocycles. The summed E-state index contributed by atoms with van der Waals surface area (Å²) in [4.78, 5) is 11.5. The minimum Gasteiger partial charge on any atom is -0.451 e.